The molecule has 1 saturated heterocycles. The average molecular weight is 380 g/mol. The van der Waals surface area contributed by atoms with Gasteiger partial charge >= 0.3 is 5.97 Å². The first-order valence-corrected chi connectivity index (χ1v) is 7.95. The van der Waals surface area contributed by atoms with E-state index in [1.165, 1.54) is 36.3 Å². The zero-order chi connectivity index (χ0) is 19.3. The van der Waals surface area contributed by atoms with Crippen molar-refractivity contribution >= 4 is 40.8 Å². The summed E-state index contributed by atoms with van der Waals surface area (Å²) in [4.78, 5) is 47.3. The lowest BCUT2D eigenvalue weighted by Gasteiger charge is -2.36. The number of nitro benzene ring substituents is 1. The van der Waals surface area contributed by atoms with Crippen molar-refractivity contribution < 1.29 is 24.0 Å². The minimum absolute atomic E-state index is 0.0166. The lowest BCUT2D eigenvalue weighted by molar-refractivity contribution is -0.384. The fourth-order valence-corrected chi connectivity index (χ4v) is 2.69. The predicted octanol–water partition coefficient (Wildman–Crippen LogP) is -0.0270. The highest BCUT2D eigenvalue weighted by atomic mass is 32.1. The predicted molar refractivity (Wildman–Crippen MR) is 93.3 cm³/mol. The molecule has 138 valence electrons. The first-order valence-electron chi connectivity index (χ1n) is 7.54. The number of methoxy groups -OCH3 is 1. The van der Waals surface area contributed by atoms with Crippen LogP contribution in [0.25, 0.3) is 0 Å². The number of carbonyl (C=O) groups excluding carboxylic acids is 3. The molecule has 2 amide bonds. The highest BCUT2D eigenvalue weighted by Crippen LogP contribution is 2.13. The molecule has 1 atom stereocenters. The molecule has 2 N–H and O–H groups in total. The second kappa shape index (κ2) is 8.34. The number of benzene rings is 1. The van der Waals surface area contributed by atoms with Gasteiger partial charge in [-0.2, -0.15) is 0 Å². The van der Waals surface area contributed by atoms with Crippen LogP contribution in [-0.2, 0) is 14.3 Å². The monoisotopic (exact) mass is 380 g/mol. The number of hydrogen-bond acceptors (Lipinski definition) is 7. The zero-order valence-electron chi connectivity index (χ0n) is 13.8. The average Bonchev–Trinajstić information content (AvgIpc) is 2.63. The van der Waals surface area contributed by atoms with Gasteiger partial charge in [-0.3, -0.25) is 29.8 Å². The molecule has 0 aromatic heterocycles. The maximum absolute atomic E-state index is 12.3. The van der Waals surface area contributed by atoms with Gasteiger partial charge in [0.05, 0.1) is 18.5 Å². The molecule has 1 aromatic carbocycles. The third-order valence-electron chi connectivity index (χ3n) is 3.74. The Bertz CT molecular complexity index is 751. The van der Waals surface area contributed by atoms with Crippen LogP contribution < -0.4 is 10.6 Å². The Morgan fingerprint density at radius 3 is 2.65 bits per heavy atom. The van der Waals surface area contributed by atoms with Crippen LogP contribution in [0.5, 0.6) is 0 Å². The summed E-state index contributed by atoms with van der Waals surface area (Å²) >= 11 is 5.19. The minimum Gasteiger partial charge on any atom is -0.469 e. The molecule has 1 aliphatic rings. The maximum Gasteiger partial charge on any atom is 0.308 e. The van der Waals surface area contributed by atoms with Gasteiger partial charge in [-0.05, 0) is 24.4 Å². The molecule has 26 heavy (non-hydrogen) atoms. The first kappa shape index (κ1) is 19.2. The van der Waals surface area contributed by atoms with Gasteiger partial charge in [0.1, 0.15) is 6.04 Å². The van der Waals surface area contributed by atoms with Gasteiger partial charge in [-0.1, -0.05) is 0 Å². The summed E-state index contributed by atoms with van der Waals surface area (Å²) in [5.41, 5.74) is 0.0268. The molecule has 0 radical (unpaired) electrons. The number of non-ortho nitro benzene ring substituents is 1. The highest BCUT2D eigenvalue weighted by molar-refractivity contribution is 7.80. The second-order valence-corrected chi connectivity index (χ2v) is 5.73. The van der Waals surface area contributed by atoms with Crippen molar-refractivity contribution in [2.45, 2.75) is 12.5 Å². The van der Waals surface area contributed by atoms with Crippen molar-refractivity contribution in [1.82, 2.24) is 15.5 Å². The van der Waals surface area contributed by atoms with E-state index in [2.05, 4.69) is 15.4 Å². The second-order valence-electron chi connectivity index (χ2n) is 5.34. The van der Waals surface area contributed by atoms with Crippen LogP contribution in [-0.4, -0.2) is 59.0 Å². The Hall–Kier alpha value is -3.08. The number of nitro groups is 1. The van der Waals surface area contributed by atoms with Crippen molar-refractivity contribution in [3.63, 3.8) is 0 Å². The Morgan fingerprint density at radius 1 is 1.42 bits per heavy atom. The highest BCUT2D eigenvalue weighted by Gasteiger charge is 2.34. The van der Waals surface area contributed by atoms with Crippen LogP contribution in [0.4, 0.5) is 5.69 Å². The number of piperazine rings is 1. The fraction of sp³-hybridized carbons (Fsp3) is 0.333. The first-order chi connectivity index (χ1) is 12.3. The molecule has 0 aliphatic carbocycles. The summed E-state index contributed by atoms with van der Waals surface area (Å²) in [5, 5.41) is 15.7. The van der Waals surface area contributed by atoms with E-state index in [1.807, 2.05) is 0 Å². The van der Waals surface area contributed by atoms with E-state index in [0.29, 0.717) is 13.1 Å². The summed E-state index contributed by atoms with van der Waals surface area (Å²) in [6, 6.07) is 4.11. The van der Waals surface area contributed by atoms with E-state index in [9.17, 15) is 24.5 Å². The van der Waals surface area contributed by atoms with E-state index >= 15 is 0 Å². The Morgan fingerprint density at radius 2 is 2.08 bits per heavy atom. The molecule has 0 spiro atoms. The Balaban J connectivity index is 2.08. The summed E-state index contributed by atoms with van der Waals surface area (Å²) in [7, 11) is 1.21. The normalized spacial score (nSPS) is 16.4. The van der Waals surface area contributed by atoms with Crippen molar-refractivity contribution in [3.8, 4) is 0 Å². The summed E-state index contributed by atoms with van der Waals surface area (Å²) in [5.74, 6) is -1.55. The third kappa shape index (κ3) is 4.51. The zero-order valence-corrected chi connectivity index (χ0v) is 14.6. The number of carbonyl (C=O) groups is 3. The quantitative estimate of drug-likeness (QED) is 0.322. The molecule has 11 heteroatoms. The Kier molecular flexibility index (Phi) is 6.17. The van der Waals surface area contributed by atoms with E-state index in [1.54, 1.807) is 0 Å². The molecule has 2 rings (SSSR count). The van der Waals surface area contributed by atoms with Gasteiger partial charge in [-0.15, -0.1) is 0 Å². The summed E-state index contributed by atoms with van der Waals surface area (Å²) in [6.07, 6.45) is -0.212. The topological polar surface area (TPSA) is 131 Å². The van der Waals surface area contributed by atoms with Crippen LogP contribution in [0.15, 0.2) is 24.3 Å². The molecule has 1 fully saturated rings. The fourth-order valence-electron chi connectivity index (χ4n) is 2.38. The largest absolute Gasteiger partial charge is 0.469 e. The van der Waals surface area contributed by atoms with Crippen LogP contribution in [0, 0.1) is 10.1 Å². The van der Waals surface area contributed by atoms with Crippen molar-refractivity contribution in [2.24, 2.45) is 0 Å². The lowest BCUT2D eigenvalue weighted by Crippen LogP contribution is -2.60. The van der Waals surface area contributed by atoms with E-state index in [-0.39, 0.29) is 22.8 Å². The number of nitrogens with one attached hydrogen (secondary N) is 2. The molecule has 1 heterocycles. The van der Waals surface area contributed by atoms with E-state index in [0.717, 1.165) is 0 Å². The van der Waals surface area contributed by atoms with Gasteiger partial charge in [0.25, 0.3) is 11.6 Å². The number of amides is 2. The number of thiocarbonyl (C=S) groups is 1. The summed E-state index contributed by atoms with van der Waals surface area (Å²) < 4.78 is 4.58. The van der Waals surface area contributed by atoms with Gasteiger partial charge in [0.15, 0.2) is 5.11 Å². The van der Waals surface area contributed by atoms with Crippen LogP contribution in [0.3, 0.4) is 0 Å². The molecule has 0 bridgehead atoms. The van der Waals surface area contributed by atoms with Crippen molar-refractivity contribution in [3.05, 3.63) is 39.9 Å². The standard InChI is InChI=1S/C15H16N4O6S/c1-25-12(20)8-11-14(22)16-6-7-18(11)15(26)17-13(21)9-2-4-10(5-3-9)19(23)24/h2-5,11H,6-8H2,1H3,(H,16,22)(H,17,21,26). The number of ether oxygens (including phenoxy) is 1. The van der Waals surface area contributed by atoms with E-state index in [4.69, 9.17) is 12.2 Å². The van der Waals surface area contributed by atoms with Crippen LogP contribution >= 0.6 is 12.2 Å². The number of esters is 1. The van der Waals surface area contributed by atoms with Gasteiger partial charge in [0, 0.05) is 30.8 Å². The molecular formula is C15H16N4O6S. The minimum atomic E-state index is -0.888. The van der Waals surface area contributed by atoms with Gasteiger partial charge in [-0.25, -0.2) is 0 Å². The number of hydrogen-bond donors (Lipinski definition) is 2. The number of rotatable bonds is 4. The van der Waals surface area contributed by atoms with Crippen LogP contribution in [0.2, 0.25) is 0 Å². The molecule has 0 saturated carbocycles. The van der Waals surface area contributed by atoms with E-state index < -0.39 is 28.7 Å². The maximum atomic E-state index is 12.3. The van der Waals surface area contributed by atoms with Crippen molar-refractivity contribution in [2.75, 3.05) is 20.2 Å². The SMILES string of the molecule is COC(=O)CC1C(=O)NCCN1C(=S)NC(=O)c1ccc([N+](=O)[O-])cc1. The van der Waals surface area contributed by atoms with Crippen molar-refractivity contribution in [1.29, 1.82) is 0 Å². The smallest absolute Gasteiger partial charge is 0.308 e. The van der Waals surface area contributed by atoms with Crippen LogP contribution in [0.1, 0.15) is 16.8 Å². The molecular weight excluding hydrogens is 364 g/mol. The summed E-state index contributed by atoms with van der Waals surface area (Å²) in [6.45, 7) is 0.622. The molecule has 10 nitrogen and oxygen atoms in total. The molecule has 1 aliphatic heterocycles. The molecule has 1 unspecified atom stereocenters. The molecule has 1 aromatic rings. The lowest BCUT2D eigenvalue weighted by atomic mass is 10.1. The number of nitrogens with zero attached hydrogens (tertiary/aromatic N) is 2. The third-order valence-corrected chi connectivity index (χ3v) is 4.08. The Labute approximate surface area is 153 Å². The van der Waals surface area contributed by atoms with Gasteiger partial charge in [0.2, 0.25) is 5.91 Å². The van der Waals surface area contributed by atoms with Gasteiger partial charge < -0.3 is 15.0 Å².